The number of hydrogen-bond donors (Lipinski definition) is 1. The molecule has 0 spiro atoms. The van der Waals surface area contributed by atoms with Crippen LogP contribution in [0.4, 0.5) is 4.39 Å². The molecule has 19 heavy (non-hydrogen) atoms. The predicted octanol–water partition coefficient (Wildman–Crippen LogP) is 4.39. The highest BCUT2D eigenvalue weighted by atomic mass is 79.9. The third-order valence-electron chi connectivity index (χ3n) is 2.49. The highest BCUT2D eigenvalue weighted by Crippen LogP contribution is 2.29. The van der Waals surface area contributed by atoms with Crippen molar-refractivity contribution in [2.75, 3.05) is 0 Å². The molecular formula is C14H10BrFO3. The number of halogens is 2. The summed E-state index contributed by atoms with van der Waals surface area (Å²) in [4.78, 5) is 11.1. The van der Waals surface area contributed by atoms with Crippen LogP contribution >= 0.6 is 15.9 Å². The average Bonchev–Trinajstić information content (AvgIpc) is 2.33. The van der Waals surface area contributed by atoms with Crippen molar-refractivity contribution in [3.8, 4) is 11.5 Å². The number of carboxylic acids is 1. The SMILES string of the molecule is Cc1ccc(C(=O)O)c(Oc2ccc(Br)c(F)c2)c1. The standard InChI is InChI=1S/C14H10BrFO3/c1-8-2-4-10(14(17)18)13(6-8)19-9-3-5-11(15)12(16)7-9/h2-7H,1H3,(H,17,18). The summed E-state index contributed by atoms with van der Waals surface area (Å²) < 4.78 is 19.1. The molecule has 0 fully saturated rings. The molecule has 2 aromatic carbocycles. The molecular weight excluding hydrogens is 315 g/mol. The van der Waals surface area contributed by atoms with E-state index in [1.54, 1.807) is 18.2 Å². The lowest BCUT2D eigenvalue weighted by atomic mass is 10.1. The molecule has 2 rings (SSSR count). The van der Waals surface area contributed by atoms with E-state index in [0.29, 0.717) is 4.47 Å². The molecule has 0 aliphatic heterocycles. The molecule has 2 aromatic rings. The van der Waals surface area contributed by atoms with Crippen LogP contribution in [0, 0.1) is 12.7 Å². The summed E-state index contributed by atoms with van der Waals surface area (Å²) in [5.41, 5.74) is 0.895. The maximum absolute atomic E-state index is 13.4. The normalized spacial score (nSPS) is 10.3. The molecule has 0 saturated heterocycles. The van der Waals surface area contributed by atoms with E-state index in [1.807, 2.05) is 6.92 Å². The third-order valence-corrected chi connectivity index (χ3v) is 3.13. The number of rotatable bonds is 3. The lowest BCUT2D eigenvalue weighted by Gasteiger charge is -2.10. The molecule has 0 atom stereocenters. The average molecular weight is 325 g/mol. The molecule has 0 aromatic heterocycles. The number of aromatic carboxylic acids is 1. The summed E-state index contributed by atoms with van der Waals surface area (Å²) in [6.45, 7) is 1.82. The number of carboxylic acid groups (broad SMARTS) is 1. The minimum absolute atomic E-state index is 0.0360. The molecule has 0 aliphatic carbocycles. The maximum Gasteiger partial charge on any atom is 0.339 e. The van der Waals surface area contributed by atoms with E-state index in [4.69, 9.17) is 9.84 Å². The summed E-state index contributed by atoms with van der Waals surface area (Å²) in [5, 5.41) is 9.07. The van der Waals surface area contributed by atoms with Gasteiger partial charge in [-0.3, -0.25) is 0 Å². The molecule has 5 heteroatoms. The first-order valence-electron chi connectivity index (χ1n) is 5.44. The van der Waals surface area contributed by atoms with Crippen LogP contribution in [0.3, 0.4) is 0 Å². The second-order valence-corrected chi connectivity index (χ2v) is 4.84. The van der Waals surface area contributed by atoms with Gasteiger partial charge in [-0.05, 0) is 52.7 Å². The van der Waals surface area contributed by atoms with Crippen LogP contribution in [-0.2, 0) is 0 Å². The smallest absolute Gasteiger partial charge is 0.339 e. The number of benzene rings is 2. The van der Waals surface area contributed by atoms with E-state index in [9.17, 15) is 9.18 Å². The lowest BCUT2D eigenvalue weighted by molar-refractivity contribution is 0.0694. The van der Waals surface area contributed by atoms with Crippen molar-refractivity contribution in [3.05, 3.63) is 57.8 Å². The lowest BCUT2D eigenvalue weighted by Crippen LogP contribution is -2.00. The monoisotopic (exact) mass is 324 g/mol. The molecule has 3 nitrogen and oxygen atoms in total. The fourth-order valence-electron chi connectivity index (χ4n) is 1.56. The van der Waals surface area contributed by atoms with E-state index in [0.717, 1.165) is 5.56 Å². The second kappa shape index (κ2) is 5.40. The summed E-state index contributed by atoms with van der Waals surface area (Å²) in [6, 6.07) is 8.99. The van der Waals surface area contributed by atoms with E-state index in [-0.39, 0.29) is 17.1 Å². The van der Waals surface area contributed by atoms with Crippen molar-refractivity contribution in [2.24, 2.45) is 0 Å². The molecule has 98 valence electrons. The number of hydrogen-bond acceptors (Lipinski definition) is 2. The fraction of sp³-hybridized carbons (Fsp3) is 0.0714. The van der Waals surface area contributed by atoms with Crippen LogP contribution in [0.5, 0.6) is 11.5 Å². The van der Waals surface area contributed by atoms with Gasteiger partial charge in [-0.2, -0.15) is 0 Å². The first-order chi connectivity index (χ1) is 8.97. The van der Waals surface area contributed by atoms with Crippen LogP contribution < -0.4 is 4.74 Å². The first kappa shape index (κ1) is 13.5. The first-order valence-corrected chi connectivity index (χ1v) is 6.23. The quantitative estimate of drug-likeness (QED) is 0.910. The van der Waals surface area contributed by atoms with E-state index in [2.05, 4.69) is 15.9 Å². The Hall–Kier alpha value is -1.88. The highest BCUT2D eigenvalue weighted by molar-refractivity contribution is 9.10. The zero-order valence-electron chi connectivity index (χ0n) is 9.98. The van der Waals surface area contributed by atoms with Crippen LogP contribution in [0.15, 0.2) is 40.9 Å². The summed E-state index contributed by atoms with van der Waals surface area (Å²) in [7, 11) is 0. The van der Waals surface area contributed by atoms with Crippen molar-refractivity contribution in [1.29, 1.82) is 0 Å². The number of carbonyl (C=O) groups is 1. The van der Waals surface area contributed by atoms with E-state index >= 15 is 0 Å². The molecule has 0 saturated carbocycles. The van der Waals surface area contributed by atoms with Gasteiger partial charge in [-0.15, -0.1) is 0 Å². The van der Waals surface area contributed by atoms with Gasteiger partial charge in [-0.25, -0.2) is 9.18 Å². The molecule has 0 amide bonds. The van der Waals surface area contributed by atoms with Gasteiger partial charge in [0.2, 0.25) is 0 Å². The Morgan fingerprint density at radius 1 is 1.26 bits per heavy atom. The summed E-state index contributed by atoms with van der Waals surface area (Å²) in [5.74, 6) is -1.13. The van der Waals surface area contributed by atoms with Gasteiger partial charge in [0.05, 0.1) is 4.47 Å². The van der Waals surface area contributed by atoms with Crippen molar-refractivity contribution < 1.29 is 19.0 Å². The van der Waals surface area contributed by atoms with Gasteiger partial charge in [0.1, 0.15) is 22.9 Å². The second-order valence-electron chi connectivity index (χ2n) is 3.98. The van der Waals surface area contributed by atoms with Crippen molar-refractivity contribution in [3.63, 3.8) is 0 Å². The Morgan fingerprint density at radius 2 is 2.00 bits per heavy atom. The van der Waals surface area contributed by atoms with Gasteiger partial charge < -0.3 is 9.84 Å². The Kier molecular flexibility index (Phi) is 3.85. The van der Waals surface area contributed by atoms with Crippen LogP contribution in [-0.4, -0.2) is 11.1 Å². The zero-order chi connectivity index (χ0) is 14.0. The molecule has 0 heterocycles. The zero-order valence-corrected chi connectivity index (χ0v) is 11.6. The van der Waals surface area contributed by atoms with Gasteiger partial charge >= 0.3 is 5.97 Å². The maximum atomic E-state index is 13.4. The summed E-state index contributed by atoms with van der Waals surface area (Å²) >= 11 is 3.04. The summed E-state index contributed by atoms with van der Waals surface area (Å²) in [6.07, 6.45) is 0. The Bertz CT molecular complexity index is 641. The molecule has 0 aliphatic rings. The van der Waals surface area contributed by atoms with Crippen LogP contribution in [0.2, 0.25) is 0 Å². The molecule has 0 bridgehead atoms. The number of ether oxygens (including phenoxy) is 1. The number of aryl methyl sites for hydroxylation is 1. The largest absolute Gasteiger partial charge is 0.478 e. The molecule has 0 radical (unpaired) electrons. The van der Waals surface area contributed by atoms with Gasteiger partial charge in [0, 0.05) is 6.07 Å². The minimum atomic E-state index is -1.09. The molecule has 0 unspecified atom stereocenters. The highest BCUT2D eigenvalue weighted by Gasteiger charge is 2.12. The van der Waals surface area contributed by atoms with Crippen molar-refractivity contribution in [2.45, 2.75) is 6.92 Å². The van der Waals surface area contributed by atoms with Gasteiger partial charge in [0.25, 0.3) is 0 Å². The minimum Gasteiger partial charge on any atom is -0.478 e. The Labute approximate surface area is 117 Å². The van der Waals surface area contributed by atoms with Crippen LogP contribution in [0.1, 0.15) is 15.9 Å². The van der Waals surface area contributed by atoms with Gasteiger partial charge in [-0.1, -0.05) is 6.07 Å². The Morgan fingerprint density at radius 3 is 2.63 bits per heavy atom. The van der Waals surface area contributed by atoms with Crippen molar-refractivity contribution >= 4 is 21.9 Å². The van der Waals surface area contributed by atoms with Crippen molar-refractivity contribution in [1.82, 2.24) is 0 Å². The van der Waals surface area contributed by atoms with Gasteiger partial charge in [0.15, 0.2) is 0 Å². The third kappa shape index (κ3) is 3.12. The van der Waals surface area contributed by atoms with Crippen LogP contribution in [0.25, 0.3) is 0 Å². The predicted molar refractivity (Wildman–Crippen MR) is 72.3 cm³/mol. The Balaban J connectivity index is 2.39. The molecule has 1 N–H and O–H groups in total. The van der Waals surface area contributed by atoms with E-state index in [1.165, 1.54) is 18.2 Å². The topological polar surface area (TPSA) is 46.5 Å². The van der Waals surface area contributed by atoms with E-state index < -0.39 is 11.8 Å². The fourth-order valence-corrected chi connectivity index (χ4v) is 1.80.